The van der Waals surface area contributed by atoms with E-state index < -0.39 is 0 Å². The quantitative estimate of drug-likeness (QED) is 0.156. The lowest BCUT2D eigenvalue weighted by atomic mass is 9.94. The van der Waals surface area contributed by atoms with Crippen molar-refractivity contribution in [3.63, 3.8) is 0 Å². The molecule has 1 aliphatic carbocycles. The van der Waals surface area contributed by atoms with Crippen molar-refractivity contribution in [2.24, 2.45) is 0 Å². The van der Waals surface area contributed by atoms with Crippen molar-refractivity contribution in [2.75, 3.05) is 20.1 Å². The molecule has 6 aromatic rings. The number of aromatic amines is 1. The Bertz CT molecular complexity index is 1900. The Kier molecular flexibility index (Phi) is 10.4. The van der Waals surface area contributed by atoms with Crippen molar-refractivity contribution in [2.45, 2.75) is 51.1 Å². The van der Waals surface area contributed by atoms with Gasteiger partial charge >= 0.3 is 0 Å². The third kappa shape index (κ3) is 7.98. The zero-order valence-electron chi connectivity index (χ0n) is 26.9. The molecular formula is C40H42F2N4O. The van der Waals surface area contributed by atoms with Crippen LogP contribution in [0.15, 0.2) is 109 Å². The lowest BCUT2D eigenvalue weighted by Gasteiger charge is -2.31. The summed E-state index contributed by atoms with van der Waals surface area (Å²) >= 11 is 0. The van der Waals surface area contributed by atoms with Gasteiger partial charge in [0.2, 0.25) is 5.91 Å². The maximum absolute atomic E-state index is 13.3. The van der Waals surface area contributed by atoms with Crippen molar-refractivity contribution >= 4 is 27.7 Å². The molecule has 0 saturated heterocycles. The summed E-state index contributed by atoms with van der Waals surface area (Å²) in [6.45, 7) is 1.99. The lowest BCUT2D eigenvalue weighted by Crippen LogP contribution is -2.36. The number of nitrogens with one attached hydrogen (secondary N) is 2. The highest BCUT2D eigenvalue weighted by atomic mass is 19.1. The van der Waals surface area contributed by atoms with Gasteiger partial charge in [0.25, 0.3) is 0 Å². The monoisotopic (exact) mass is 632 g/mol. The molecule has 1 aliphatic rings. The van der Waals surface area contributed by atoms with Gasteiger partial charge in [-0.25, -0.2) is 8.78 Å². The van der Waals surface area contributed by atoms with Crippen LogP contribution in [0.3, 0.4) is 0 Å². The second-order valence-corrected chi connectivity index (χ2v) is 12.4. The van der Waals surface area contributed by atoms with E-state index in [-0.39, 0.29) is 24.1 Å². The molecule has 2 N–H and O–H groups in total. The van der Waals surface area contributed by atoms with Gasteiger partial charge in [-0.05, 0) is 85.8 Å². The zero-order chi connectivity index (χ0) is 32.6. The molecule has 4 aromatic carbocycles. The minimum absolute atomic E-state index is 0.0201. The Labute approximate surface area is 275 Å². The van der Waals surface area contributed by atoms with Crippen LogP contribution in [0.1, 0.15) is 38.5 Å². The molecule has 0 radical (unpaired) electrons. The zero-order valence-corrected chi connectivity index (χ0v) is 26.9. The molecule has 1 amide bonds. The van der Waals surface area contributed by atoms with Gasteiger partial charge in [0, 0.05) is 41.5 Å². The van der Waals surface area contributed by atoms with Crippen LogP contribution in [0.25, 0.3) is 44.1 Å². The third-order valence-corrected chi connectivity index (χ3v) is 9.21. The number of H-pyrrole nitrogens is 1. The Morgan fingerprint density at radius 3 is 2.15 bits per heavy atom. The first-order valence-electron chi connectivity index (χ1n) is 16.6. The average molecular weight is 633 g/mol. The van der Waals surface area contributed by atoms with Crippen LogP contribution in [-0.2, 0) is 11.3 Å². The lowest BCUT2D eigenvalue weighted by molar-refractivity contribution is -0.121. The van der Waals surface area contributed by atoms with Crippen LogP contribution in [0.4, 0.5) is 8.78 Å². The van der Waals surface area contributed by atoms with Crippen molar-refractivity contribution < 1.29 is 13.6 Å². The number of carbonyl (C=O) groups excluding carboxylic acids is 1. The summed E-state index contributed by atoms with van der Waals surface area (Å²) in [5, 5.41) is 5.32. The molecule has 0 bridgehead atoms. The Morgan fingerprint density at radius 1 is 0.809 bits per heavy atom. The maximum Gasteiger partial charge on any atom is 0.239 e. The third-order valence-electron chi connectivity index (χ3n) is 9.21. The summed E-state index contributed by atoms with van der Waals surface area (Å²) in [6.07, 6.45) is 11.5. The molecule has 7 rings (SSSR count). The predicted octanol–water partition coefficient (Wildman–Crippen LogP) is 9.19. The SMILES string of the molecule is CN(CCCNC(=O)Cn1ccc2cccc(-c3ccc(F)cc3)c21)C1CCCCC1.Fc1ccc(-c2cccc3cc[nH]c23)cc1. The van der Waals surface area contributed by atoms with E-state index in [4.69, 9.17) is 0 Å². The molecule has 0 atom stereocenters. The highest BCUT2D eigenvalue weighted by Crippen LogP contribution is 2.30. The molecule has 242 valence electrons. The largest absolute Gasteiger partial charge is 0.361 e. The summed E-state index contributed by atoms with van der Waals surface area (Å²) in [7, 11) is 2.21. The molecule has 47 heavy (non-hydrogen) atoms. The minimum atomic E-state index is -0.250. The van der Waals surface area contributed by atoms with E-state index in [0.717, 1.165) is 51.6 Å². The van der Waals surface area contributed by atoms with Crippen LogP contribution in [0.5, 0.6) is 0 Å². The smallest absolute Gasteiger partial charge is 0.239 e. The summed E-state index contributed by atoms with van der Waals surface area (Å²) < 4.78 is 28.2. The number of amides is 1. The molecule has 2 heterocycles. The highest BCUT2D eigenvalue weighted by molar-refractivity contribution is 5.96. The molecule has 1 fully saturated rings. The standard InChI is InChI=1S/C26H32FN3O.C14H10FN/c1-29(23-8-3-2-4-9-23)17-6-16-28-25(31)19-30-18-15-21-7-5-10-24(26(21)30)20-11-13-22(27)14-12-20;15-12-6-4-10(5-7-12)13-3-1-2-11-8-9-16-14(11)13/h5,7,10-15,18,23H,2-4,6,8-9,16-17,19H2,1H3,(H,28,31);1-9,16H. The number of halogens is 2. The minimum Gasteiger partial charge on any atom is -0.361 e. The highest BCUT2D eigenvalue weighted by Gasteiger charge is 2.17. The molecule has 0 unspecified atom stereocenters. The fraction of sp³-hybridized carbons (Fsp3) is 0.275. The number of rotatable bonds is 9. The van der Waals surface area contributed by atoms with E-state index in [0.29, 0.717) is 12.6 Å². The fourth-order valence-corrected chi connectivity index (χ4v) is 6.68. The number of hydrogen-bond donors (Lipinski definition) is 2. The van der Waals surface area contributed by atoms with Crippen LogP contribution in [-0.4, -0.2) is 46.5 Å². The van der Waals surface area contributed by atoms with Gasteiger partial charge in [0.05, 0.1) is 11.0 Å². The fourth-order valence-electron chi connectivity index (χ4n) is 6.68. The normalized spacial score (nSPS) is 13.5. The van der Waals surface area contributed by atoms with E-state index in [1.54, 1.807) is 24.3 Å². The number of carbonyl (C=O) groups is 1. The van der Waals surface area contributed by atoms with Gasteiger partial charge in [-0.15, -0.1) is 0 Å². The second-order valence-electron chi connectivity index (χ2n) is 12.4. The van der Waals surface area contributed by atoms with Gasteiger partial charge in [-0.3, -0.25) is 4.79 Å². The van der Waals surface area contributed by atoms with E-state index in [9.17, 15) is 13.6 Å². The van der Waals surface area contributed by atoms with Crippen LogP contribution >= 0.6 is 0 Å². The average Bonchev–Trinajstić information content (AvgIpc) is 3.76. The summed E-state index contributed by atoms with van der Waals surface area (Å²) in [5.41, 5.74) is 6.16. The Hall–Kier alpha value is -4.75. The topological polar surface area (TPSA) is 53.1 Å². The Balaban J connectivity index is 0.000000201. The summed E-state index contributed by atoms with van der Waals surface area (Å²) in [6, 6.07) is 30.0. The molecule has 5 nitrogen and oxygen atoms in total. The van der Waals surface area contributed by atoms with E-state index in [1.807, 2.05) is 59.4 Å². The van der Waals surface area contributed by atoms with Gasteiger partial charge in [-0.1, -0.05) is 79.9 Å². The molecule has 0 aliphatic heterocycles. The number of aromatic nitrogens is 2. The molecule has 0 spiro atoms. The van der Waals surface area contributed by atoms with Crippen molar-refractivity contribution in [1.82, 2.24) is 19.8 Å². The molecule has 2 aromatic heterocycles. The maximum atomic E-state index is 13.3. The summed E-state index contributed by atoms with van der Waals surface area (Å²) in [4.78, 5) is 18.3. The van der Waals surface area contributed by atoms with Crippen LogP contribution in [0.2, 0.25) is 0 Å². The molecule has 7 heteroatoms. The van der Waals surface area contributed by atoms with Crippen LogP contribution < -0.4 is 5.32 Å². The first-order chi connectivity index (χ1) is 23.0. The second kappa shape index (κ2) is 15.2. The number of fused-ring (bicyclic) bond motifs is 2. The Morgan fingerprint density at radius 2 is 1.45 bits per heavy atom. The molecule has 1 saturated carbocycles. The van der Waals surface area contributed by atoms with Crippen LogP contribution in [0, 0.1) is 11.6 Å². The van der Waals surface area contributed by atoms with E-state index >= 15 is 0 Å². The summed E-state index contributed by atoms with van der Waals surface area (Å²) in [5.74, 6) is -0.436. The van der Waals surface area contributed by atoms with Gasteiger partial charge < -0.3 is 19.8 Å². The first-order valence-corrected chi connectivity index (χ1v) is 16.6. The van der Waals surface area contributed by atoms with E-state index in [1.165, 1.54) is 61.8 Å². The van der Waals surface area contributed by atoms with Crippen molar-refractivity contribution in [3.8, 4) is 22.3 Å². The number of nitrogens with zero attached hydrogens (tertiary/aromatic N) is 2. The van der Waals surface area contributed by atoms with E-state index in [2.05, 4.69) is 28.3 Å². The van der Waals surface area contributed by atoms with Crippen molar-refractivity contribution in [3.05, 3.63) is 121 Å². The van der Waals surface area contributed by atoms with Gasteiger partial charge in [0.1, 0.15) is 18.2 Å². The van der Waals surface area contributed by atoms with Gasteiger partial charge in [0.15, 0.2) is 0 Å². The predicted molar refractivity (Wildman–Crippen MR) is 188 cm³/mol. The molecular weight excluding hydrogens is 590 g/mol. The number of para-hydroxylation sites is 2. The number of benzene rings is 4. The van der Waals surface area contributed by atoms with Gasteiger partial charge in [-0.2, -0.15) is 0 Å². The first kappa shape index (κ1) is 32.2. The van der Waals surface area contributed by atoms with Crippen molar-refractivity contribution in [1.29, 1.82) is 0 Å². The number of hydrogen-bond acceptors (Lipinski definition) is 2.